The first kappa shape index (κ1) is 29.4. The largest absolute Gasteiger partial charge is 0.350 e. The van der Waals surface area contributed by atoms with Crippen LogP contribution in [0.2, 0.25) is 10.0 Å². The number of amides is 2. The van der Waals surface area contributed by atoms with Gasteiger partial charge in [-0.1, -0.05) is 41.4 Å². The molecule has 0 radical (unpaired) electrons. The Morgan fingerprint density at radius 3 is 2.26 bits per heavy atom. The molecule has 0 spiro atoms. The van der Waals surface area contributed by atoms with E-state index in [0.717, 1.165) is 9.87 Å². The Kier molecular flexibility index (Phi) is 9.26. The molecule has 1 aliphatic rings. The van der Waals surface area contributed by atoms with E-state index in [1.54, 1.807) is 49.1 Å². The molecule has 3 aromatic rings. The van der Waals surface area contributed by atoms with Crippen LogP contribution in [-0.2, 0) is 30.1 Å². The smallest absolute Gasteiger partial charge is 0.308 e. The van der Waals surface area contributed by atoms with Gasteiger partial charge in [0.05, 0.1) is 23.8 Å². The fourth-order valence-electron chi connectivity index (χ4n) is 4.24. The lowest BCUT2D eigenvalue weighted by molar-refractivity contribution is 0.221. The Labute approximate surface area is 238 Å². The first-order chi connectivity index (χ1) is 18.6. The molecule has 0 aromatic heterocycles. The van der Waals surface area contributed by atoms with Crippen LogP contribution in [0.15, 0.2) is 71.6 Å². The number of nitrogens with one attached hydrogen (secondary N) is 1. The zero-order valence-electron chi connectivity index (χ0n) is 21.3. The van der Waals surface area contributed by atoms with Crippen molar-refractivity contribution in [3.8, 4) is 0 Å². The van der Waals surface area contributed by atoms with Crippen molar-refractivity contribution in [2.24, 2.45) is 0 Å². The molecule has 2 amide bonds. The van der Waals surface area contributed by atoms with Gasteiger partial charge in [0.2, 0.25) is 0 Å². The summed E-state index contributed by atoms with van der Waals surface area (Å²) < 4.78 is 53.1. The van der Waals surface area contributed by atoms with Crippen molar-refractivity contribution in [1.29, 1.82) is 0 Å². The first-order valence-electron chi connectivity index (χ1n) is 12.2. The molecule has 1 N–H and O–H groups in total. The highest BCUT2D eigenvalue weighted by molar-refractivity contribution is 7.93. The van der Waals surface area contributed by atoms with Crippen LogP contribution >= 0.6 is 30.8 Å². The van der Waals surface area contributed by atoms with Crippen molar-refractivity contribution in [2.75, 3.05) is 40.6 Å². The number of hydrogen-bond donors (Lipinski definition) is 1. The number of carbonyl (C=O) groups is 1. The lowest BCUT2D eigenvalue weighted by Gasteiger charge is -2.29. The number of halogens is 2. The minimum absolute atomic E-state index is 0.0594. The van der Waals surface area contributed by atoms with Gasteiger partial charge in [-0.3, -0.25) is 13.8 Å². The molecule has 9 nitrogen and oxygen atoms in total. The van der Waals surface area contributed by atoms with E-state index in [9.17, 15) is 17.8 Å². The monoisotopic (exact) mass is 611 g/mol. The maximum atomic E-state index is 13.9. The van der Waals surface area contributed by atoms with Gasteiger partial charge in [0.15, 0.2) is 0 Å². The second-order valence-electron chi connectivity index (χ2n) is 8.56. The summed E-state index contributed by atoms with van der Waals surface area (Å²) in [6.45, 7) is 3.82. The topological polar surface area (TPSA) is 105 Å². The quantitative estimate of drug-likeness (QED) is 0.247. The average Bonchev–Trinajstić information content (AvgIpc) is 3.31. The Morgan fingerprint density at radius 2 is 1.64 bits per heavy atom. The molecule has 208 valence electrons. The summed E-state index contributed by atoms with van der Waals surface area (Å²) in [6.07, 6.45) is -0.0744. The second kappa shape index (κ2) is 12.3. The Morgan fingerprint density at radius 1 is 1.00 bits per heavy atom. The van der Waals surface area contributed by atoms with E-state index in [1.165, 1.54) is 18.2 Å². The van der Waals surface area contributed by atoms with Crippen LogP contribution in [0, 0.1) is 0 Å². The number of fused-ring (bicyclic) bond motifs is 1. The van der Waals surface area contributed by atoms with Crippen LogP contribution in [0.3, 0.4) is 0 Å². The number of hydrogen-bond acceptors (Lipinski definition) is 6. The predicted molar refractivity (Wildman–Crippen MR) is 155 cm³/mol. The lowest BCUT2D eigenvalue weighted by Crippen LogP contribution is -2.34. The molecule has 0 saturated heterocycles. The summed E-state index contributed by atoms with van der Waals surface area (Å²) in [5.74, 6) is 0. The normalized spacial score (nSPS) is 13.3. The highest BCUT2D eigenvalue weighted by Gasteiger charge is 2.36. The van der Waals surface area contributed by atoms with E-state index in [4.69, 9.17) is 32.2 Å². The number of benzene rings is 3. The van der Waals surface area contributed by atoms with Crippen LogP contribution in [0.4, 0.5) is 21.9 Å². The van der Waals surface area contributed by atoms with Crippen molar-refractivity contribution in [3.63, 3.8) is 0 Å². The Balaban J connectivity index is 1.72. The molecule has 0 fully saturated rings. The van der Waals surface area contributed by atoms with Gasteiger partial charge in [0.25, 0.3) is 10.0 Å². The lowest BCUT2D eigenvalue weighted by atomic mass is 10.1. The SMILES string of the molecule is CCOP(=O)(CN(c1ccc2c(c1)CCN2C(=O)Nc1ccccc1)S(=O)(=O)c1cc(Cl)cc(Cl)c1)OCC. The summed E-state index contributed by atoms with van der Waals surface area (Å²) in [5.41, 5.74) is 2.29. The van der Waals surface area contributed by atoms with Crippen molar-refractivity contribution in [1.82, 2.24) is 0 Å². The van der Waals surface area contributed by atoms with Gasteiger partial charge in [-0.05, 0) is 74.4 Å². The van der Waals surface area contributed by atoms with Gasteiger partial charge >= 0.3 is 13.6 Å². The minimum Gasteiger partial charge on any atom is -0.308 e. The molecule has 1 aliphatic heterocycles. The molecule has 0 atom stereocenters. The van der Waals surface area contributed by atoms with E-state index in [0.29, 0.717) is 24.3 Å². The van der Waals surface area contributed by atoms with Crippen LogP contribution < -0.4 is 14.5 Å². The van der Waals surface area contributed by atoms with Crippen LogP contribution in [0.5, 0.6) is 0 Å². The van der Waals surface area contributed by atoms with Gasteiger partial charge < -0.3 is 14.4 Å². The molecular formula is C26H28Cl2N3O6PS. The zero-order valence-corrected chi connectivity index (χ0v) is 24.6. The molecule has 0 unspecified atom stereocenters. The zero-order chi connectivity index (χ0) is 28.2. The van der Waals surface area contributed by atoms with Crippen LogP contribution in [-0.4, -0.2) is 40.5 Å². The number of nitrogens with zero attached hydrogens (tertiary/aromatic N) is 2. The second-order valence-corrected chi connectivity index (χ2v) is 13.3. The van der Waals surface area contributed by atoms with E-state index in [1.807, 2.05) is 18.2 Å². The first-order valence-corrected chi connectivity index (χ1v) is 16.1. The van der Waals surface area contributed by atoms with Crippen molar-refractivity contribution < 1.29 is 26.8 Å². The number of sulfonamides is 1. The van der Waals surface area contributed by atoms with Gasteiger partial charge in [-0.25, -0.2) is 13.2 Å². The van der Waals surface area contributed by atoms with Gasteiger partial charge in [-0.2, -0.15) is 0 Å². The van der Waals surface area contributed by atoms with Crippen molar-refractivity contribution >= 4 is 63.9 Å². The summed E-state index contributed by atoms with van der Waals surface area (Å²) >= 11 is 12.2. The fraction of sp³-hybridized carbons (Fsp3) is 0.269. The Hall–Kier alpha value is -2.59. The number of anilines is 3. The maximum Gasteiger partial charge on any atom is 0.350 e. The van der Waals surface area contributed by atoms with Gasteiger partial charge in [0, 0.05) is 28.0 Å². The van der Waals surface area contributed by atoms with Crippen molar-refractivity contribution in [2.45, 2.75) is 25.2 Å². The fourth-order valence-corrected chi connectivity index (χ4v) is 8.63. The molecule has 0 aliphatic carbocycles. The molecule has 13 heteroatoms. The highest BCUT2D eigenvalue weighted by Crippen LogP contribution is 2.50. The predicted octanol–water partition coefficient (Wildman–Crippen LogP) is 7.01. The van der Waals surface area contributed by atoms with Crippen LogP contribution in [0.1, 0.15) is 19.4 Å². The average molecular weight is 612 g/mol. The maximum absolute atomic E-state index is 13.9. The van der Waals surface area contributed by atoms with Gasteiger partial charge in [0.1, 0.15) is 6.29 Å². The summed E-state index contributed by atoms with van der Waals surface area (Å²) in [7, 11) is -8.18. The van der Waals surface area contributed by atoms with Crippen LogP contribution in [0.25, 0.3) is 0 Å². The highest BCUT2D eigenvalue weighted by atomic mass is 35.5. The minimum atomic E-state index is -4.32. The third-order valence-corrected chi connectivity index (χ3v) is 10.2. The van der Waals surface area contributed by atoms with Gasteiger partial charge in [-0.15, -0.1) is 0 Å². The van der Waals surface area contributed by atoms with E-state index in [-0.39, 0.29) is 39.9 Å². The summed E-state index contributed by atoms with van der Waals surface area (Å²) in [4.78, 5) is 14.4. The molecule has 3 aromatic carbocycles. The molecule has 0 bridgehead atoms. The van der Waals surface area contributed by atoms with E-state index < -0.39 is 23.9 Å². The molecular weight excluding hydrogens is 584 g/mol. The summed E-state index contributed by atoms with van der Waals surface area (Å²) in [5, 5.41) is 3.13. The molecule has 0 saturated carbocycles. The van der Waals surface area contributed by atoms with E-state index >= 15 is 0 Å². The molecule has 1 heterocycles. The molecule has 4 rings (SSSR count). The number of carbonyl (C=O) groups excluding carboxylic acids is 1. The molecule has 39 heavy (non-hydrogen) atoms. The van der Waals surface area contributed by atoms with Crippen molar-refractivity contribution in [3.05, 3.63) is 82.3 Å². The standard InChI is InChI=1S/C26H28Cl2N3O6PS/c1-3-36-38(33,37-4-2)18-31(39(34,35)24-16-20(27)15-21(28)17-24)23-10-11-25-19(14-23)12-13-30(25)26(32)29-22-8-6-5-7-9-22/h5-11,14-17H,3-4,12-13,18H2,1-2H3,(H,29,32). The number of para-hydroxylation sites is 1. The Bertz CT molecular complexity index is 1480. The van der Waals surface area contributed by atoms with E-state index in [2.05, 4.69) is 5.32 Å². The third kappa shape index (κ3) is 6.77. The summed E-state index contributed by atoms with van der Waals surface area (Å²) in [6, 6.07) is 17.6. The number of rotatable bonds is 10. The number of urea groups is 1. The third-order valence-electron chi connectivity index (χ3n) is 5.89.